The number of nitrogens with one attached hydrogen (secondary N) is 1. The van der Waals surface area contributed by atoms with Gasteiger partial charge in [0.05, 0.1) is 25.4 Å². The van der Waals surface area contributed by atoms with Crippen molar-refractivity contribution in [2.75, 3.05) is 7.11 Å². The number of carbonyl (C=O) groups excluding carboxylic acids is 2. The van der Waals surface area contributed by atoms with Crippen LogP contribution in [0.2, 0.25) is 0 Å². The number of methoxy groups -OCH3 is 1. The third-order valence-electron chi connectivity index (χ3n) is 5.98. The Labute approximate surface area is 190 Å². The Morgan fingerprint density at radius 3 is 2.45 bits per heavy atom. The zero-order chi connectivity index (χ0) is 23.7. The van der Waals surface area contributed by atoms with Crippen LogP contribution < -0.4 is 10.9 Å². The molecule has 0 radical (unpaired) electrons. The summed E-state index contributed by atoms with van der Waals surface area (Å²) >= 11 is 0. The van der Waals surface area contributed by atoms with Crippen molar-refractivity contribution in [3.05, 3.63) is 80.9 Å². The fourth-order valence-electron chi connectivity index (χ4n) is 4.11. The van der Waals surface area contributed by atoms with Gasteiger partial charge >= 0.3 is 11.6 Å². The molecule has 0 spiro atoms. The van der Waals surface area contributed by atoms with E-state index in [0.717, 1.165) is 27.5 Å². The standard InChI is InChI=1S/C26H25NO6/c1-14-13-32-23-16(3)24-19(11-18(14)23)15(2)20(25(29)33-24)12-22(28)27-21(26(30)31-4)10-17-8-6-5-7-9-17/h5-9,11,13,21H,10,12H2,1-4H3,(H,27,28). The molecule has 2 aromatic carbocycles. The van der Waals surface area contributed by atoms with E-state index >= 15 is 0 Å². The number of benzene rings is 2. The Morgan fingerprint density at radius 1 is 1.03 bits per heavy atom. The van der Waals surface area contributed by atoms with Gasteiger partial charge in [0.25, 0.3) is 0 Å². The molecule has 0 aliphatic carbocycles. The minimum absolute atomic E-state index is 0.214. The molecular formula is C26H25NO6. The number of furan rings is 1. The first kappa shape index (κ1) is 22.3. The van der Waals surface area contributed by atoms with Gasteiger partial charge in [-0.2, -0.15) is 0 Å². The number of ether oxygens (including phenoxy) is 1. The molecule has 33 heavy (non-hydrogen) atoms. The van der Waals surface area contributed by atoms with Gasteiger partial charge in [0.15, 0.2) is 0 Å². The minimum atomic E-state index is -0.867. The van der Waals surface area contributed by atoms with E-state index in [-0.39, 0.29) is 18.4 Å². The zero-order valence-corrected chi connectivity index (χ0v) is 19.0. The topological polar surface area (TPSA) is 98.8 Å². The van der Waals surface area contributed by atoms with Crippen molar-refractivity contribution >= 4 is 33.8 Å². The molecular weight excluding hydrogens is 422 g/mol. The molecule has 1 N–H and O–H groups in total. The Kier molecular flexibility index (Phi) is 6.05. The van der Waals surface area contributed by atoms with Crippen molar-refractivity contribution in [1.29, 1.82) is 0 Å². The minimum Gasteiger partial charge on any atom is -0.467 e. The predicted molar refractivity (Wildman–Crippen MR) is 124 cm³/mol. The number of esters is 1. The number of amides is 1. The highest BCUT2D eigenvalue weighted by Gasteiger charge is 2.24. The fourth-order valence-corrected chi connectivity index (χ4v) is 4.11. The summed E-state index contributed by atoms with van der Waals surface area (Å²) in [4.78, 5) is 37.9. The van der Waals surface area contributed by atoms with Gasteiger partial charge in [0.1, 0.15) is 17.2 Å². The molecule has 1 amide bonds. The van der Waals surface area contributed by atoms with E-state index in [2.05, 4.69) is 5.32 Å². The van der Waals surface area contributed by atoms with E-state index in [4.69, 9.17) is 13.6 Å². The van der Waals surface area contributed by atoms with E-state index in [1.54, 1.807) is 13.2 Å². The van der Waals surface area contributed by atoms with Crippen LogP contribution in [-0.2, 0) is 27.2 Å². The van der Waals surface area contributed by atoms with Crippen LogP contribution in [0.1, 0.15) is 27.8 Å². The van der Waals surface area contributed by atoms with Crippen molar-refractivity contribution in [3.8, 4) is 0 Å². The second kappa shape index (κ2) is 8.94. The van der Waals surface area contributed by atoms with E-state index < -0.39 is 23.5 Å². The molecule has 2 heterocycles. The van der Waals surface area contributed by atoms with Crippen LogP contribution in [0.5, 0.6) is 0 Å². The Bertz CT molecular complexity index is 1410. The monoisotopic (exact) mass is 447 g/mol. The first-order valence-electron chi connectivity index (χ1n) is 10.6. The fraction of sp³-hybridized carbons (Fsp3) is 0.269. The van der Waals surface area contributed by atoms with Crippen molar-refractivity contribution < 1.29 is 23.2 Å². The molecule has 4 aromatic rings. The van der Waals surface area contributed by atoms with Gasteiger partial charge in [0, 0.05) is 22.8 Å². The van der Waals surface area contributed by atoms with Gasteiger partial charge in [-0.05, 0) is 43.5 Å². The second-order valence-electron chi connectivity index (χ2n) is 8.18. The molecule has 0 saturated carbocycles. The van der Waals surface area contributed by atoms with Gasteiger partial charge in [-0.25, -0.2) is 9.59 Å². The molecule has 2 aromatic heterocycles. The van der Waals surface area contributed by atoms with E-state index in [1.165, 1.54) is 7.11 Å². The second-order valence-corrected chi connectivity index (χ2v) is 8.18. The largest absolute Gasteiger partial charge is 0.467 e. The normalized spacial score (nSPS) is 12.1. The Hall–Kier alpha value is -3.87. The maximum Gasteiger partial charge on any atom is 0.340 e. The van der Waals surface area contributed by atoms with Crippen LogP contribution in [0, 0.1) is 20.8 Å². The number of fused-ring (bicyclic) bond motifs is 2. The van der Waals surface area contributed by atoms with E-state index in [1.807, 2.05) is 50.2 Å². The molecule has 0 aliphatic heterocycles. The summed E-state index contributed by atoms with van der Waals surface area (Å²) < 4.78 is 16.1. The smallest absolute Gasteiger partial charge is 0.340 e. The van der Waals surface area contributed by atoms with Crippen molar-refractivity contribution in [1.82, 2.24) is 5.32 Å². The first-order chi connectivity index (χ1) is 15.8. The number of hydrogen-bond acceptors (Lipinski definition) is 6. The molecule has 1 unspecified atom stereocenters. The number of carbonyl (C=O) groups is 2. The third kappa shape index (κ3) is 4.26. The van der Waals surface area contributed by atoms with Crippen LogP contribution in [0.4, 0.5) is 0 Å². The molecule has 4 rings (SSSR count). The molecule has 0 saturated heterocycles. The lowest BCUT2D eigenvalue weighted by molar-refractivity contribution is -0.145. The quantitative estimate of drug-likeness (QED) is 0.355. The highest BCUT2D eigenvalue weighted by atomic mass is 16.5. The van der Waals surface area contributed by atoms with Crippen molar-refractivity contribution in [3.63, 3.8) is 0 Å². The van der Waals surface area contributed by atoms with Gasteiger partial charge in [-0.1, -0.05) is 30.3 Å². The molecule has 0 fully saturated rings. The summed E-state index contributed by atoms with van der Waals surface area (Å²) in [6.07, 6.45) is 1.73. The van der Waals surface area contributed by atoms with E-state index in [9.17, 15) is 14.4 Å². The van der Waals surface area contributed by atoms with Gasteiger partial charge in [0.2, 0.25) is 5.91 Å². The highest BCUT2D eigenvalue weighted by molar-refractivity contribution is 6.00. The summed E-state index contributed by atoms with van der Waals surface area (Å²) in [5.41, 5.74) is 4.04. The number of hydrogen-bond donors (Lipinski definition) is 1. The van der Waals surface area contributed by atoms with Crippen LogP contribution >= 0.6 is 0 Å². The average molecular weight is 447 g/mol. The number of aryl methyl sites for hydroxylation is 3. The third-order valence-corrected chi connectivity index (χ3v) is 5.98. The van der Waals surface area contributed by atoms with Crippen LogP contribution in [0.25, 0.3) is 21.9 Å². The average Bonchev–Trinajstić information content (AvgIpc) is 3.18. The van der Waals surface area contributed by atoms with Crippen molar-refractivity contribution in [2.45, 2.75) is 39.7 Å². The SMILES string of the molecule is COC(=O)C(Cc1ccccc1)NC(=O)Cc1c(C)c2cc3c(C)coc3c(C)c2oc1=O. The molecule has 7 nitrogen and oxygen atoms in total. The molecule has 1 atom stereocenters. The highest BCUT2D eigenvalue weighted by Crippen LogP contribution is 2.32. The van der Waals surface area contributed by atoms with Gasteiger partial charge < -0.3 is 18.9 Å². The zero-order valence-electron chi connectivity index (χ0n) is 19.0. The summed E-state index contributed by atoms with van der Waals surface area (Å²) in [7, 11) is 1.27. The molecule has 170 valence electrons. The predicted octanol–water partition coefficient (Wildman–Crippen LogP) is 3.91. The molecule has 7 heteroatoms. The maximum atomic E-state index is 12.9. The Morgan fingerprint density at radius 2 is 1.76 bits per heavy atom. The summed E-state index contributed by atoms with van der Waals surface area (Å²) in [6.45, 7) is 5.58. The lowest BCUT2D eigenvalue weighted by Crippen LogP contribution is -2.44. The summed E-state index contributed by atoms with van der Waals surface area (Å²) in [5, 5.41) is 4.39. The molecule has 0 bridgehead atoms. The lowest BCUT2D eigenvalue weighted by atomic mass is 9.99. The van der Waals surface area contributed by atoms with E-state index in [0.29, 0.717) is 16.7 Å². The van der Waals surface area contributed by atoms with Crippen LogP contribution in [0.15, 0.2) is 56.3 Å². The van der Waals surface area contributed by atoms with Crippen molar-refractivity contribution in [2.24, 2.45) is 0 Å². The first-order valence-corrected chi connectivity index (χ1v) is 10.6. The lowest BCUT2D eigenvalue weighted by Gasteiger charge is -2.17. The Balaban J connectivity index is 1.65. The van der Waals surface area contributed by atoms with Crippen LogP contribution in [-0.4, -0.2) is 25.0 Å². The summed E-state index contributed by atoms with van der Waals surface area (Å²) in [6, 6.07) is 10.4. The molecule has 0 aliphatic rings. The number of rotatable bonds is 6. The van der Waals surface area contributed by atoms with Gasteiger partial charge in [-0.3, -0.25) is 4.79 Å². The van der Waals surface area contributed by atoms with Crippen LogP contribution in [0.3, 0.4) is 0 Å². The summed E-state index contributed by atoms with van der Waals surface area (Å²) in [5.74, 6) is -1.02. The van der Waals surface area contributed by atoms with Gasteiger partial charge in [-0.15, -0.1) is 0 Å². The maximum absolute atomic E-state index is 12.9.